The average Bonchev–Trinajstić information content (AvgIpc) is 2.98. The zero-order valence-corrected chi connectivity index (χ0v) is 17.3. The Labute approximate surface area is 170 Å². The summed E-state index contributed by atoms with van der Waals surface area (Å²) in [6.07, 6.45) is 1.41. The minimum atomic E-state index is -0.902. The molecule has 1 aromatic carbocycles. The van der Waals surface area contributed by atoms with Gasteiger partial charge in [-0.05, 0) is 43.7 Å². The highest BCUT2D eigenvalue weighted by atomic mass is 16.2. The second kappa shape index (κ2) is 5.87. The van der Waals surface area contributed by atoms with E-state index in [2.05, 4.69) is 36.1 Å². The van der Waals surface area contributed by atoms with Crippen LogP contribution in [0.4, 0.5) is 5.69 Å². The zero-order chi connectivity index (χ0) is 21.2. The fourth-order valence-corrected chi connectivity index (χ4v) is 5.32. The molecule has 2 aliphatic rings. The Hall–Kier alpha value is -3.25. The number of fused-ring (bicyclic) bond motifs is 5. The molecule has 146 valence electrons. The SMILES string of the molecule is Cc1ccc(NC(=O)C23CCC(C)(c4nc(C#N)c(C#N)nc42)C3(C)C)c(C)c1. The molecule has 0 radical (unpaired) electrons. The van der Waals surface area contributed by atoms with E-state index < -0.39 is 16.2 Å². The number of rotatable bonds is 2. The monoisotopic (exact) mass is 385 g/mol. The number of carbonyl (C=O) groups is 1. The lowest BCUT2D eigenvalue weighted by Crippen LogP contribution is -2.48. The van der Waals surface area contributed by atoms with Gasteiger partial charge in [0.15, 0.2) is 11.4 Å². The molecule has 6 nitrogen and oxygen atoms in total. The Morgan fingerprint density at radius 3 is 2.24 bits per heavy atom. The van der Waals surface area contributed by atoms with Crippen LogP contribution in [-0.2, 0) is 15.6 Å². The molecular weight excluding hydrogens is 362 g/mol. The first-order valence-corrected chi connectivity index (χ1v) is 9.74. The molecule has 1 saturated carbocycles. The largest absolute Gasteiger partial charge is 0.325 e. The van der Waals surface area contributed by atoms with Gasteiger partial charge in [-0.2, -0.15) is 10.5 Å². The lowest BCUT2D eigenvalue weighted by molar-refractivity contribution is -0.125. The van der Waals surface area contributed by atoms with Crippen molar-refractivity contribution in [2.75, 3.05) is 5.32 Å². The van der Waals surface area contributed by atoms with Crippen LogP contribution in [0.5, 0.6) is 0 Å². The van der Waals surface area contributed by atoms with Gasteiger partial charge in [0.25, 0.3) is 0 Å². The lowest BCUT2D eigenvalue weighted by atomic mass is 9.63. The van der Waals surface area contributed by atoms with Gasteiger partial charge in [-0.25, -0.2) is 9.97 Å². The van der Waals surface area contributed by atoms with Crippen LogP contribution in [0.1, 0.15) is 67.5 Å². The minimum absolute atomic E-state index is 0.0168. The van der Waals surface area contributed by atoms with Crippen molar-refractivity contribution in [2.45, 2.75) is 58.3 Å². The Morgan fingerprint density at radius 2 is 1.66 bits per heavy atom. The number of hydrogen-bond acceptors (Lipinski definition) is 5. The predicted molar refractivity (Wildman–Crippen MR) is 108 cm³/mol. The molecule has 1 amide bonds. The molecule has 4 rings (SSSR count). The third-order valence-corrected chi connectivity index (χ3v) is 7.50. The highest BCUT2D eigenvalue weighted by molar-refractivity contribution is 6.02. The summed E-state index contributed by atoms with van der Waals surface area (Å²) in [5, 5.41) is 22.0. The fourth-order valence-electron chi connectivity index (χ4n) is 5.32. The Bertz CT molecular complexity index is 1150. The van der Waals surface area contributed by atoms with Crippen molar-refractivity contribution in [1.82, 2.24) is 9.97 Å². The molecule has 0 saturated heterocycles. The number of carbonyl (C=O) groups excluding carboxylic acids is 1. The van der Waals surface area contributed by atoms with Crippen LogP contribution in [0.2, 0.25) is 0 Å². The summed E-state index contributed by atoms with van der Waals surface area (Å²) in [6, 6.07) is 9.87. The van der Waals surface area contributed by atoms with Gasteiger partial charge in [-0.1, -0.05) is 38.5 Å². The van der Waals surface area contributed by atoms with Crippen LogP contribution in [-0.4, -0.2) is 15.9 Å². The van der Waals surface area contributed by atoms with Crippen LogP contribution < -0.4 is 5.32 Å². The molecule has 1 heterocycles. The van der Waals surface area contributed by atoms with Crippen molar-refractivity contribution in [3.8, 4) is 12.1 Å². The van der Waals surface area contributed by atoms with Crippen LogP contribution in [0.15, 0.2) is 18.2 Å². The van der Waals surface area contributed by atoms with Crippen LogP contribution >= 0.6 is 0 Å². The standard InChI is InChI=1S/C23H23N5O/c1-13-6-7-15(14(2)10-13)28-20(29)23-9-8-22(5,21(23,3)4)18-19(23)27-17(12-25)16(11-24)26-18/h6-7,10H,8-9H2,1-5H3,(H,28,29). The molecule has 1 aromatic heterocycles. The number of nitrogens with zero attached hydrogens (tertiary/aromatic N) is 4. The Kier molecular flexibility index (Phi) is 3.87. The molecule has 2 aromatic rings. The molecule has 2 bridgehead atoms. The van der Waals surface area contributed by atoms with Crippen LogP contribution in [0, 0.1) is 41.9 Å². The van der Waals surface area contributed by atoms with Gasteiger partial charge in [0, 0.05) is 11.1 Å². The third kappa shape index (κ3) is 2.17. The predicted octanol–water partition coefficient (Wildman–Crippen LogP) is 3.80. The molecule has 0 spiro atoms. The second-order valence-electron chi connectivity index (χ2n) is 8.98. The number of aromatic nitrogens is 2. The highest BCUT2D eigenvalue weighted by Crippen LogP contribution is 2.70. The summed E-state index contributed by atoms with van der Waals surface area (Å²) in [5.41, 5.74) is 2.38. The second-order valence-corrected chi connectivity index (χ2v) is 8.98. The normalized spacial score (nSPS) is 25.8. The average molecular weight is 385 g/mol. The van der Waals surface area contributed by atoms with Crippen LogP contribution in [0.25, 0.3) is 0 Å². The van der Waals surface area contributed by atoms with E-state index in [0.717, 1.165) is 23.2 Å². The summed E-state index contributed by atoms with van der Waals surface area (Å²) in [4.78, 5) is 22.8. The molecule has 1 fully saturated rings. The van der Waals surface area contributed by atoms with Gasteiger partial charge in [-0.3, -0.25) is 4.79 Å². The van der Waals surface area contributed by atoms with Gasteiger partial charge >= 0.3 is 0 Å². The van der Waals surface area contributed by atoms with Crippen LogP contribution in [0.3, 0.4) is 0 Å². The number of hydrogen-bond donors (Lipinski definition) is 1. The number of nitriles is 2. The summed E-state index contributed by atoms with van der Waals surface area (Å²) >= 11 is 0. The van der Waals surface area contributed by atoms with Crippen molar-refractivity contribution >= 4 is 11.6 Å². The first-order valence-electron chi connectivity index (χ1n) is 9.74. The van der Waals surface area contributed by atoms with E-state index in [1.54, 1.807) is 0 Å². The summed E-state index contributed by atoms with van der Waals surface area (Å²) in [6.45, 7) is 10.2. The van der Waals surface area contributed by atoms with E-state index in [-0.39, 0.29) is 17.3 Å². The van der Waals surface area contributed by atoms with Gasteiger partial charge in [0.05, 0.1) is 16.8 Å². The van der Waals surface area contributed by atoms with E-state index in [1.165, 1.54) is 0 Å². The van der Waals surface area contributed by atoms with Gasteiger partial charge in [0.2, 0.25) is 5.91 Å². The lowest BCUT2D eigenvalue weighted by Gasteiger charge is -2.39. The topological polar surface area (TPSA) is 102 Å². The van der Waals surface area contributed by atoms with Gasteiger partial charge in [0.1, 0.15) is 12.1 Å². The van der Waals surface area contributed by atoms with E-state index in [0.29, 0.717) is 17.8 Å². The molecule has 2 unspecified atom stereocenters. The summed E-state index contributed by atoms with van der Waals surface area (Å²) < 4.78 is 0. The summed E-state index contributed by atoms with van der Waals surface area (Å²) in [7, 11) is 0. The maximum Gasteiger partial charge on any atom is 0.237 e. The van der Waals surface area contributed by atoms with E-state index in [4.69, 9.17) is 0 Å². The highest BCUT2D eigenvalue weighted by Gasteiger charge is 2.73. The van der Waals surface area contributed by atoms with Crippen molar-refractivity contribution in [3.05, 3.63) is 52.1 Å². The quantitative estimate of drug-likeness (QED) is 0.847. The van der Waals surface area contributed by atoms with E-state index in [9.17, 15) is 15.3 Å². The molecule has 6 heteroatoms. The maximum absolute atomic E-state index is 13.8. The summed E-state index contributed by atoms with van der Waals surface area (Å²) in [5.74, 6) is -0.125. The van der Waals surface area contributed by atoms with Gasteiger partial charge < -0.3 is 5.32 Å². The smallest absolute Gasteiger partial charge is 0.237 e. The van der Waals surface area contributed by atoms with Crippen molar-refractivity contribution < 1.29 is 4.79 Å². The van der Waals surface area contributed by atoms with Gasteiger partial charge in [-0.15, -0.1) is 0 Å². The third-order valence-electron chi connectivity index (χ3n) is 7.50. The maximum atomic E-state index is 13.8. The number of nitrogens with one attached hydrogen (secondary N) is 1. The van der Waals surface area contributed by atoms with Crippen molar-refractivity contribution in [1.29, 1.82) is 10.5 Å². The number of anilines is 1. The molecule has 29 heavy (non-hydrogen) atoms. The molecule has 2 aliphatic carbocycles. The fraction of sp³-hybridized carbons (Fsp3) is 0.435. The van der Waals surface area contributed by atoms with Crippen molar-refractivity contribution in [3.63, 3.8) is 0 Å². The first-order chi connectivity index (χ1) is 13.6. The Morgan fingerprint density at radius 1 is 1.03 bits per heavy atom. The zero-order valence-electron chi connectivity index (χ0n) is 17.3. The molecular formula is C23H23N5O. The molecule has 0 aliphatic heterocycles. The number of benzene rings is 1. The Balaban J connectivity index is 1.90. The molecule has 1 N–H and O–H groups in total. The number of amides is 1. The van der Waals surface area contributed by atoms with Crippen molar-refractivity contribution in [2.24, 2.45) is 5.41 Å². The number of aryl methyl sites for hydroxylation is 2. The first kappa shape index (κ1) is 19.1. The minimum Gasteiger partial charge on any atom is -0.325 e. The van der Waals surface area contributed by atoms with E-state index >= 15 is 0 Å². The molecule has 2 atom stereocenters. The van der Waals surface area contributed by atoms with E-state index in [1.807, 2.05) is 44.2 Å².